The van der Waals surface area contributed by atoms with Crippen LogP contribution in [-0.4, -0.2) is 37.7 Å². The van der Waals surface area contributed by atoms with Crippen LogP contribution in [0.4, 0.5) is 15.8 Å². The number of halogens is 2. The Morgan fingerprint density at radius 3 is 2.74 bits per heavy atom. The molecule has 4 aromatic rings. The minimum Gasteiger partial charge on any atom is -0.396 e. The van der Waals surface area contributed by atoms with E-state index in [2.05, 4.69) is 32.0 Å². The van der Waals surface area contributed by atoms with Crippen molar-refractivity contribution in [1.82, 2.24) is 20.0 Å². The SMILES string of the molecule is [2H]C(Nc1cc(Cl)c2ncc(C#N)c(N[C@@H]3CCCC[C@H]3CO)c2c1)(c1ccc(F)cc1)c1cn(C2CC2)nn1. The fourth-order valence-corrected chi connectivity index (χ4v) is 5.60. The van der Waals surface area contributed by atoms with Crippen molar-refractivity contribution in [2.75, 3.05) is 17.2 Å². The number of nitrogens with zero attached hydrogens (tertiary/aromatic N) is 5. The maximum atomic E-state index is 13.8. The lowest BCUT2D eigenvalue weighted by molar-refractivity contribution is 0.178. The van der Waals surface area contributed by atoms with E-state index < -0.39 is 11.8 Å². The molecule has 3 N–H and O–H groups in total. The van der Waals surface area contributed by atoms with Crippen LogP contribution in [0.25, 0.3) is 10.9 Å². The summed E-state index contributed by atoms with van der Waals surface area (Å²) in [5.41, 5.74) is 2.81. The second-order valence-electron chi connectivity index (χ2n) is 10.3. The van der Waals surface area contributed by atoms with E-state index >= 15 is 0 Å². The van der Waals surface area contributed by atoms with Gasteiger partial charge in [-0.1, -0.05) is 41.8 Å². The summed E-state index contributed by atoms with van der Waals surface area (Å²) in [4.78, 5) is 4.45. The molecule has 0 radical (unpaired) electrons. The fraction of sp³-hybridized carbons (Fsp3) is 0.379. The highest BCUT2D eigenvalue weighted by Crippen LogP contribution is 2.38. The van der Waals surface area contributed by atoms with Crippen molar-refractivity contribution in [1.29, 1.82) is 5.26 Å². The van der Waals surface area contributed by atoms with Gasteiger partial charge in [-0.15, -0.1) is 5.10 Å². The molecule has 2 fully saturated rings. The monoisotopic (exact) mass is 546 g/mol. The normalized spacial score (nSPS) is 21.1. The molecule has 0 amide bonds. The van der Waals surface area contributed by atoms with Crippen molar-refractivity contribution in [2.45, 2.75) is 56.6 Å². The Hall–Kier alpha value is -3.74. The summed E-state index contributed by atoms with van der Waals surface area (Å²) in [6.45, 7) is 0.0662. The first-order valence-electron chi connectivity index (χ1n) is 13.8. The summed E-state index contributed by atoms with van der Waals surface area (Å²) in [6, 6.07) is 10.1. The summed E-state index contributed by atoms with van der Waals surface area (Å²) in [6.07, 6.45) is 9.17. The van der Waals surface area contributed by atoms with Gasteiger partial charge < -0.3 is 15.7 Å². The second-order valence-corrected chi connectivity index (χ2v) is 10.7. The van der Waals surface area contributed by atoms with Gasteiger partial charge in [0.2, 0.25) is 0 Å². The number of aromatic nitrogens is 4. The van der Waals surface area contributed by atoms with Crippen LogP contribution in [0.1, 0.15) is 68.8 Å². The molecule has 0 spiro atoms. The Morgan fingerprint density at radius 1 is 1.21 bits per heavy atom. The first-order chi connectivity index (χ1) is 19.4. The van der Waals surface area contributed by atoms with Crippen LogP contribution >= 0.6 is 11.6 Å². The Bertz CT molecular complexity index is 1590. The van der Waals surface area contributed by atoms with Crippen molar-refractivity contribution in [3.63, 3.8) is 0 Å². The van der Waals surface area contributed by atoms with E-state index in [0.717, 1.165) is 38.5 Å². The van der Waals surface area contributed by atoms with E-state index in [1.165, 1.54) is 18.3 Å². The highest BCUT2D eigenvalue weighted by molar-refractivity contribution is 6.35. The minimum absolute atomic E-state index is 0.00113. The molecule has 1 unspecified atom stereocenters. The number of hydrogen-bond donors (Lipinski definition) is 3. The molecule has 6 rings (SSSR count). The number of fused-ring (bicyclic) bond motifs is 1. The average Bonchev–Trinajstić information content (AvgIpc) is 3.69. The molecule has 2 heterocycles. The molecule has 2 saturated carbocycles. The largest absolute Gasteiger partial charge is 0.396 e. The first kappa shape index (κ1) is 24.3. The molecule has 200 valence electrons. The number of anilines is 2. The molecule has 2 aliphatic rings. The number of pyridine rings is 1. The van der Waals surface area contributed by atoms with Crippen molar-refractivity contribution in [2.24, 2.45) is 5.92 Å². The van der Waals surface area contributed by atoms with E-state index in [1.807, 2.05) is 6.07 Å². The van der Waals surface area contributed by atoms with Gasteiger partial charge in [0, 0.05) is 35.8 Å². The third-order valence-electron chi connectivity index (χ3n) is 7.61. The molecule has 0 saturated heterocycles. The van der Waals surface area contributed by atoms with Crippen LogP contribution in [0, 0.1) is 23.1 Å². The number of nitriles is 1. The zero-order valence-corrected chi connectivity index (χ0v) is 22.0. The van der Waals surface area contributed by atoms with E-state index in [-0.39, 0.29) is 24.6 Å². The van der Waals surface area contributed by atoms with E-state index in [1.54, 1.807) is 29.1 Å². The van der Waals surface area contributed by atoms with Gasteiger partial charge in [-0.05, 0) is 55.5 Å². The molecule has 2 aliphatic carbocycles. The summed E-state index contributed by atoms with van der Waals surface area (Å²) < 4.78 is 25.1. The molecule has 0 bridgehead atoms. The van der Waals surface area contributed by atoms with Crippen molar-refractivity contribution < 1.29 is 10.9 Å². The number of aliphatic hydroxyl groups excluding tert-OH is 1. The van der Waals surface area contributed by atoms with Crippen molar-refractivity contribution in [3.8, 4) is 6.07 Å². The fourth-order valence-electron chi connectivity index (χ4n) is 5.33. The zero-order chi connectivity index (χ0) is 27.9. The van der Waals surface area contributed by atoms with E-state index in [4.69, 9.17) is 11.6 Å². The van der Waals surface area contributed by atoms with Gasteiger partial charge in [0.25, 0.3) is 0 Å². The molecule has 10 heteroatoms. The number of hydrogen-bond acceptors (Lipinski definition) is 7. The quantitative estimate of drug-likeness (QED) is 0.249. The van der Waals surface area contributed by atoms with Gasteiger partial charge in [0.05, 0.1) is 41.4 Å². The highest BCUT2D eigenvalue weighted by atomic mass is 35.5. The Morgan fingerprint density at radius 2 is 2.00 bits per heavy atom. The van der Waals surface area contributed by atoms with Crippen LogP contribution in [0.2, 0.25) is 5.02 Å². The lowest BCUT2D eigenvalue weighted by atomic mass is 9.84. The smallest absolute Gasteiger partial charge is 0.123 e. The molecular formula is C29H29ClFN7O. The second kappa shape index (κ2) is 10.8. The summed E-state index contributed by atoms with van der Waals surface area (Å²) in [5, 5.41) is 36.2. The minimum atomic E-state index is -1.61. The van der Waals surface area contributed by atoms with E-state index in [0.29, 0.717) is 44.1 Å². The van der Waals surface area contributed by atoms with Gasteiger partial charge in [0.15, 0.2) is 0 Å². The standard InChI is InChI=1S/C29H29ClFN7O/c30-24-12-21(34-28(17-5-7-20(31)8-6-17)26-15-38(37-36-26)22-9-10-22)11-23-27(19(13-32)14-33-29(23)24)35-25-4-2-1-3-18(25)16-39/h5-8,11-12,14-15,18,22,25,28,34,39H,1-4,9-10,16H2,(H,33,35)/t18-,25+,28?/m0/s1/i28D. The molecule has 2 aromatic heterocycles. The number of nitrogens with one attached hydrogen (secondary N) is 2. The van der Waals surface area contributed by atoms with Gasteiger partial charge in [0.1, 0.15) is 17.6 Å². The van der Waals surface area contributed by atoms with Crippen LogP contribution in [0.5, 0.6) is 0 Å². The molecule has 0 aliphatic heterocycles. The maximum absolute atomic E-state index is 13.8. The van der Waals surface area contributed by atoms with Gasteiger partial charge in [-0.25, -0.2) is 9.07 Å². The van der Waals surface area contributed by atoms with E-state index in [9.17, 15) is 16.1 Å². The highest BCUT2D eigenvalue weighted by Gasteiger charge is 2.28. The van der Waals surface area contributed by atoms with Crippen LogP contribution in [0.3, 0.4) is 0 Å². The molecular weight excluding hydrogens is 517 g/mol. The Balaban J connectivity index is 1.44. The van der Waals surface area contributed by atoms with Crippen LogP contribution < -0.4 is 10.6 Å². The maximum Gasteiger partial charge on any atom is 0.123 e. The molecule has 2 aromatic carbocycles. The summed E-state index contributed by atoms with van der Waals surface area (Å²) in [7, 11) is 0. The lowest BCUT2D eigenvalue weighted by Gasteiger charge is -2.32. The summed E-state index contributed by atoms with van der Waals surface area (Å²) in [5.74, 6) is -0.329. The van der Waals surface area contributed by atoms with Crippen LogP contribution in [0.15, 0.2) is 48.8 Å². The predicted octanol–water partition coefficient (Wildman–Crippen LogP) is 5.99. The predicted molar refractivity (Wildman–Crippen MR) is 148 cm³/mol. The number of rotatable bonds is 8. The Labute approximate surface area is 232 Å². The Kier molecular flexibility index (Phi) is 6.73. The first-order valence-corrected chi connectivity index (χ1v) is 13.6. The van der Waals surface area contributed by atoms with Crippen molar-refractivity contribution in [3.05, 3.63) is 76.5 Å². The van der Waals surface area contributed by atoms with Gasteiger partial charge >= 0.3 is 0 Å². The number of benzene rings is 2. The van der Waals surface area contributed by atoms with Crippen molar-refractivity contribution >= 4 is 33.9 Å². The number of aliphatic hydroxyl groups is 1. The molecule has 3 atom stereocenters. The average molecular weight is 547 g/mol. The third-order valence-corrected chi connectivity index (χ3v) is 7.90. The van der Waals surface area contributed by atoms with Gasteiger partial charge in [-0.2, -0.15) is 5.26 Å². The lowest BCUT2D eigenvalue weighted by Crippen LogP contribution is -2.34. The molecule has 8 nitrogen and oxygen atoms in total. The molecule has 39 heavy (non-hydrogen) atoms. The zero-order valence-electron chi connectivity index (χ0n) is 22.2. The van der Waals surface area contributed by atoms with Crippen LogP contribution in [-0.2, 0) is 0 Å². The third kappa shape index (κ3) is 5.27. The topological polar surface area (TPSA) is 112 Å². The summed E-state index contributed by atoms with van der Waals surface area (Å²) >= 11 is 6.73. The van der Waals surface area contributed by atoms with Gasteiger partial charge in [-0.3, -0.25) is 4.98 Å².